The maximum absolute atomic E-state index is 5.55. The quantitative estimate of drug-likeness (QED) is 0.878. The van der Waals surface area contributed by atoms with Crippen molar-refractivity contribution < 1.29 is 4.74 Å². The van der Waals surface area contributed by atoms with Gasteiger partial charge < -0.3 is 10.1 Å². The van der Waals surface area contributed by atoms with Gasteiger partial charge in [0.25, 0.3) is 0 Å². The van der Waals surface area contributed by atoms with Crippen LogP contribution in [0, 0.1) is 0 Å². The number of ether oxygens (including phenoxy) is 1. The molecule has 0 aromatic carbocycles. The van der Waals surface area contributed by atoms with E-state index >= 15 is 0 Å². The van der Waals surface area contributed by atoms with Crippen molar-refractivity contribution in [3.63, 3.8) is 0 Å². The minimum absolute atomic E-state index is 0.266. The summed E-state index contributed by atoms with van der Waals surface area (Å²) in [6.45, 7) is 1.59. The molecule has 3 rings (SSSR count). The summed E-state index contributed by atoms with van der Waals surface area (Å²) in [5.41, 5.74) is 0.754. The summed E-state index contributed by atoms with van der Waals surface area (Å²) in [6.07, 6.45) is 5.72. The van der Waals surface area contributed by atoms with Gasteiger partial charge in [-0.25, -0.2) is 19.6 Å². The van der Waals surface area contributed by atoms with Crippen molar-refractivity contribution in [1.29, 1.82) is 0 Å². The molecule has 0 aliphatic carbocycles. The Morgan fingerprint density at radius 3 is 3.16 bits per heavy atom. The molecule has 0 bridgehead atoms. The Morgan fingerprint density at radius 1 is 1.47 bits per heavy atom. The molecule has 0 saturated carbocycles. The molecule has 0 radical (unpaired) electrons. The van der Waals surface area contributed by atoms with Crippen molar-refractivity contribution in [2.45, 2.75) is 18.9 Å². The Balaban J connectivity index is 1.71. The van der Waals surface area contributed by atoms with Crippen LogP contribution in [0.5, 0.6) is 0 Å². The van der Waals surface area contributed by atoms with Gasteiger partial charge in [-0.05, 0) is 18.9 Å². The Bertz CT molecular complexity index is 549. The van der Waals surface area contributed by atoms with Gasteiger partial charge >= 0.3 is 0 Å². The predicted molar refractivity (Wildman–Crippen MR) is 69.5 cm³/mol. The molecule has 0 spiro atoms. The molecule has 100 valence electrons. The van der Waals surface area contributed by atoms with Crippen molar-refractivity contribution in [1.82, 2.24) is 24.7 Å². The van der Waals surface area contributed by atoms with Crippen LogP contribution in [0.4, 0.5) is 5.95 Å². The summed E-state index contributed by atoms with van der Waals surface area (Å²) < 4.78 is 7.24. The lowest BCUT2D eigenvalue weighted by molar-refractivity contribution is 0.120. The average Bonchev–Trinajstić information content (AvgIpc) is 3.08. The van der Waals surface area contributed by atoms with E-state index in [0.29, 0.717) is 5.95 Å². The third-order valence-corrected chi connectivity index (χ3v) is 3.11. The second-order valence-corrected chi connectivity index (χ2v) is 4.49. The monoisotopic (exact) mass is 260 g/mol. The first kappa shape index (κ1) is 12.0. The highest BCUT2D eigenvalue weighted by molar-refractivity contribution is 5.50. The number of nitrogens with one attached hydrogen (secondary N) is 1. The zero-order chi connectivity index (χ0) is 13.1. The van der Waals surface area contributed by atoms with Crippen LogP contribution >= 0.6 is 0 Å². The van der Waals surface area contributed by atoms with Gasteiger partial charge in [0.1, 0.15) is 12.0 Å². The molecule has 1 aliphatic heterocycles. The molecular formula is C12H16N6O. The molecule has 1 N–H and O–H groups in total. The fourth-order valence-corrected chi connectivity index (χ4v) is 2.11. The van der Waals surface area contributed by atoms with Gasteiger partial charge in [0, 0.05) is 26.4 Å². The summed E-state index contributed by atoms with van der Waals surface area (Å²) >= 11 is 0. The summed E-state index contributed by atoms with van der Waals surface area (Å²) in [5.74, 6) is 1.32. The first-order valence-electron chi connectivity index (χ1n) is 6.36. The molecule has 19 heavy (non-hydrogen) atoms. The van der Waals surface area contributed by atoms with Gasteiger partial charge in [-0.15, -0.1) is 0 Å². The molecule has 0 amide bonds. The number of rotatable bonds is 4. The van der Waals surface area contributed by atoms with Crippen LogP contribution < -0.4 is 5.32 Å². The number of hydrogen-bond acceptors (Lipinski definition) is 6. The second-order valence-electron chi connectivity index (χ2n) is 4.49. The second kappa shape index (κ2) is 5.31. The van der Waals surface area contributed by atoms with E-state index in [1.807, 2.05) is 13.1 Å². The van der Waals surface area contributed by atoms with Gasteiger partial charge in [-0.2, -0.15) is 5.10 Å². The van der Waals surface area contributed by atoms with E-state index in [-0.39, 0.29) is 6.10 Å². The fraction of sp³-hybridized carbons (Fsp3) is 0.500. The molecule has 2 aromatic heterocycles. The predicted octanol–water partition coefficient (Wildman–Crippen LogP) is 0.863. The van der Waals surface area contributed by atoms with Crippen molar-refractivity contribution in [2.75, 3.05) is 18.5 Å². The highest BCUT2D eigenvalue weighted by Crippen LogP contribution is 2.15. The lowest BCUT2D eigenvalue weighted by Crippen LogP contribution is -2.19. The zero-order valence-electron chi connectivity index (χ0n) is 10.8. The van der Waals surface area contributed by atoms with Crippen molar-refractivity contribution in [3.8, 4) is 11.5 Å². The van der Waals surface area contributed by atoms with Crippen LogP contribution in [0.2, 0.25) is 0 Å². The first-order valence-corrected chi connectivity index (χ1v) is 6.36. The Morgan fingerprint density at radius 2 is 2.42 bits per heavy atom. The maximum atomic E-state index is 5.55. The molecule has 1 unspecified atom stereocenters. The lowest BCUT2D eigenvalue weighted by atomic mass is 10.2. The van der Waals surface area contributed by atoms with Crippen LogP contribution in [-0.2, 0) is 11.8 Å². The topological polar surface area (TPSA) is 77.8 Å². The summed E-state index contributed by atoms with van der Waals surface area (Å²) in [5, 5.41) is 7.24. The standard InChI is InChI=1S/C12H16N6O/c1-18-11(15-8-16-18)10-4-5-13-12(17-10)14-7-9-3-2-6-19-9/h4-5,8-9H,2-3,6-7H2,1H3,(H,13,14,17). The number of nitrogens with zero attached hydrogens (tertiary/aromatic N) is 5. The Labute approximate surface area is 111 Å². The normalized spacial score (nSPS) is 18.7. The Hall–Kier alpha value is -2.02. The summed E-state index contributed by atoms with van der Waals surface area (Å²) in [7, 11) is 1.84. The van der Waals surface area contributed by atoms with Crippen LogP contribution in [0.25, 0.3) is 11.5 Å². The van der Waals surface area contributed by atoms with E-state index in [0.717, 1.165) is 37.5 Å². The Kier molecular flexibility index (Phi) is 3.37. The lowest BCUT2D eigenvalue weighted by Gasteiger charge is -2.10. The molecule has 7 nitrogen and oxygen atoms in total. The molecule has 7 heteroatoms. The number of hydrogen-bond donors (Lipinski definition) is 1. The van der Waals surface area contributed by atoms with Crippen molar-refractivity contribution in [2.24, 2.45) is 7.05 Å². The van der Waals surface area contributed by atoms with E-state index in [2.05, 4.69) is 25.4 Å². The van der Waals surface area contributed by atoms with Crippen molar-refractivity contribution >= 4 is 5.95 Å². The molecule has 1 fully saturated rings. The van der Waals surface area contributed by atoms with E-state index in [1.54, 1.807) is 10.9 Å². The number of aromatic nitrogens is 5. The van der Waals surface area contributed by atoms with Crippen LogP contribution in [0.3, 0.4) is 0 Å². The number of anilines is 1. The summed E-state index contributed by atoms with van der Waals surface area (Å²) in [6, 6.07) is 1.82. The first-order chi connectivity index (χ1) is 9.33. The summed E-state index contributed by atoms with van der Waals surface area (Å²) in [4.78, 5) is 12.8. The maximum Gasteiger partial charge on any atom is 0.223 e. The SMILES string of the molecule is Cn1ncnc1-c1ccnc(NCC2CCCO2)n1. The molecule has 1 aliphatic rings. The van der Waals surface area contributed by atoms with Crippen LogP contribution in [-0.4, -0.2) is 44.0 Å². The smallest absolute Gasteiger partial charge is 0.223 e. The number of aryl methyl sites for hydroxylation is 1. The third kappa shape index (κ3) is 2.70. The van der Waals surface area contributed by atoms with Gasteiger partial charge in [-0.3, -0.25) is 0 Å². The van der Waals surface area contributed by atoms with Crippen molar-refractivity contribution in [3.05, 3.63) is 18.6 Å². The minimum Gasteiger partial charge on any atom is -0.376 e. The van der Waals surface area contributed by atoms with E-state index < -0.39 is 0 Å². The highest BCUT2D eigenvalue weighted by atomic mass is 16.5. The molecular weight excluding hydrogens is 244 g/mol. The van der Waals surface area contributed by atoms with Gasteiger partial charge in [0.2, 0.25) is 5.95 Å². The zero-order valence-corrected chi connectivity index (χ0v) is 10.8. The highest BCUT2D eigenvalue weighted by Gasteiger charge is 2.15. The van der Waals surface area contributed by atoms with Crippen LogP contribution in [0.1, 0.15) is 12.8 Å². The minimum atomic E-state index is 0.266. The van der Waals surface area contributed by atoms with Gasteiger partial charge in [0.05, 0.1) is 6.10 Å². The molecule has 1 saturated heterocycles. The molecule has 3 heterocycles. The van der Waals surface area contributed by atoms with E-state index in [4.69, 9.17) is 4.74 Å². The van der Waals surface area contributed by atoms with Gasteiger partial charge in [0.15, 0.2) is 5.82 Å². The average molecular weight is 260 g/mol. The fourth-order valence-electron chi connectivity index (χ4n) is 2.11. The third-order valence-electron chi connectivity index (χ3n) is 3.11. The van der Waals surface area contributed by atoms with Gasteiger partial charge in [-0.1, -0.05) is 0 Å². The largest absolute Gasteiger partial charge is 0.376 e. The molecule has 2 aromatic rings. The van der Waals surface area contributed by atoms with E-state index in [9.17, 15) is 0 Å². The molecule has 1 atom stereocenters. The van der Waals surface area contributed by atoms with E-state index in [1.165, 1.54) is 6.33 Å². The van der Waals surface area contributed by atoms with Crippen LogP contribution in [0.15, 0.2) is 18.6 Å².